The third-order valence-electron chi connectivity index (χ3n) is 2.89. The molecule has 0 radical (unpaired) electrons. The predicted octanol–water partition coefficient (Wildman–Crippen LogP) is 3.74. The van der Waals surface area contributed by atoms with Crippen LogP contribution in [0.5, 0.6) is 0 Å². The fraction of sp³-hybridized carbons (Fsp3) is 0.273. The highest BCUT2D eigenvalue weighted by atomic mass is 35.5. The minimum Gasteiger partial charge on any atom is -0.387 e. The zero-order valence-electron chi connectivity index (χ0n) is 10.3. The summed E-state index contributed by atoms with van der Waals surface area (Å²) in [5.41, 5.74) is 2.18. The summed E-state index contributed by atoms with van der Waals surface area (Å²) in [6.45, 7) is 1.86. The summed E-state index contributed by atoms with van der Waals surface area (Å²) in [7, 11) is 0. The predicted molar refractivity (Wildman–Crippen MR) is 78.2 cm³/mol. The van der Waals surface area contributed by atoms with Crippen molar-refractivity contribution in [2.24, 2.45) is 8.73 Å². The molecule has 1 N–H and O–H groups in total. The van der Waals surface area contributed by atoms with Gasteiger partial charge in [-0.2, -0.15) is 8.73 Å². The van der Waals surface area contributed by atoms with Gasteiger partial charge in [-0.05, 0) is 12.5 Å². The molecule has 20 heavy (non-hydrogen) atoms. The molecule has 3 rings (SSSR count). The van der Waals surface area contributed by atoms with E-state index in [-0.39, 0.29) is 0 Å². The molecule has 0 saturated carbocycles. The van der Waals surface area contributed by atoms with E-state index in [1.54, 1.807) is 12.3 Å². The number of hydrogen-bond acceptors (Lipinski definition) is 5. The van der Waals surface area contributed by atoms with Gasteiger partial charge in [0.25, 0.3) is 0 Å². The van der Waals surface area contributed by atoms with Gasteiger partial charge in [-0.3, -0.25) is 0 Å². The largest absolute Gasteiger partial charge is 0.387 e. The topological polar surface area (TPSA) is 75.7 Å². The second-order valence-corrected chi connectivity index (χ2v) is 5.51. The van der Waals surface area contributed by atoms with Crippen LogP contribution in [-0.4, -0.2) is 20.1 Å². The Morgan fingerprint density at radius 1 is 1.30 bits per heavy atom. The minimum absolute atomic E-state index is 0.401. The van der Waals surface area contributed by atoms with Crippen LogP contribution in [0.25, 0.3) is 5.69 Å². The molecule has 1 atom stereocenters. The van der Waals surface area contributed by atoms with Crippen molar-refractivity contribution in [3.63, 3.8) is 0 Å². The number of benzene rings is 1. The monoisotopic (exact) mass is 329 g/mol. The van der Waals surface area contributed by atoms with E-state index in [2.05, 4.69) is 19.0 Å². The van der Waals surface area contributed by atoms with Crippen molar-refractivity contribution in [1.29, 1.82) is 0 Å². The number of aromatic nitrogens is 3. The van der Waals surface area contributed by atoms with Crippen LogP contribution in [0, 0.1) is 0 Å². The molecule has 6 nitrogen and oxygen atoms in total. The molecule has 0 spiro atoms. The lowest BCUT2D eigenvalue weighted by Gasteiger charge is -2.08. The molecule has 1 aliphatic rings. The van der Waals surface area contributed by atoms with Crippen LogP contribution >= 0.6 is 23.2 Å². The Morgan fingerprint density at radius 2 is 2.05 bits per heavy atom. The summed E-state index contributed by atoms with van der Waals surface area (Å²) >= 11 is 13.3. The first-order valence-corrected chi connectivity index (χ1v) is 7.31. The molecule has 1 aromatic carbocycles. The van der Waals surface area contributed by atoms with E-state index in [1.807, 2.05) is 6.92 Å². The van der Waals surface area contributed by atoms with Gasteiger partial charge in [-0.25, -0.2) is 4.68 Å². The van der Waals surface area contributed by atoms with Gasteiger partial charge < -0.3 is 5.11 Å². The summed E-state index contributed by atoms with van der Waals surface area (Å²) in [6, 6.07) is 1.60. The van der Waals surface area contributed by atoms with Crippen LogP contribution < -0.4 is 0 Å². The van der Waals surface area contributed by atoms with Crippen molar-refractivity contribution in [2.75, 3.05) is 0 Å². The number of rotatable bonds is 3. The fourth-order valence-electron chi connectivity index (χ4n) is 1.83. The van der Waals surface area contributed by atoms with E-state index in [9.17, 15) is 5.11 Å². The lowest BCUT2D eigenvalue weighted by molar-refractivity contribution is 0.169. The van der Waals surface area contributed by atoms with Gasteiger partial charge in [0, 0.05) is 0 Å². The van der Waals surface area contributed by atoms with Crippen LogP contribution in [0.1, 0.15) is 25.1 Å². The number of aliphatic hydroxyl groups is 1. The molecular weight excluding hydrogens is 321 g/mol. The molecule has 9 heteroatoms. The molecule has 2 aromatic rings. The number of hydrogen-bond donors (Lipinski definition) is 1. The van der Waals surface area contributed by atoms with Crippen molar-refractivity contribution in [1.82, 2.24) is 15.0 Å². The highest BCUT2D eigenvalue weighted by Crippen LogP contribution is 2.46. The average molecular weight is 330 g/mol. The molecule has 104 valence electrons. The van der Waals surface area contributed by atoms with E-state index >= 15 is 0 Å². The minimum atomic E-state index is -0.654. The van der Waals surface area contributed by atoms with Crippen molar-refractivity contribution in [2.45, 2.75) is 19.4 Å². The highest BCUT2D eigenvalue weighted by molar-refractivity contribution is 7.58. The molecule has 1 aliphatic heterocycles. The molecule has 0 amide bonds. The Kier molecular flexibility index (Phi) is 3.59. The number of halogens is 2. The quantitative estimate of drug-likeness (QED) is 0.795. The van der Waals surface area contributed by atoms with Gasteiger partial charge in [-0.1, -0.05) is 35.3 Å². The van der Waals surface area contributed by atoms with E-state index < -0.39 is 6.10 Å². The first-order chi connectivity index (χ1) is 9.61. The highest BCUT2D eigenvalue weighted by Gasteiger charge is 2.21. The van der Waals surface area contributed by atoms with Crippen LogP contribution in [0.15, 0.2) is 21.0 Å². The normalized spacial score (nSPS) is 14.2. The number of nitrogens with zero attached hydrogens (tertiary/aromatic N) is 5. The van der Waals surface area contributed by atoms with Crippen LogP contribution in [0.3, 0.4) is 0 Å². The zero-order valence-corrected chi connectivity index (χ0v) is 12.6. The van der Waals surface area contributed by atoms with E-state index in [1.165, 1.54) is 4.68 Å². The van der Waals surface area contributed by atoms with E-state index in [4.69, 9.17) is 23.2 Å². The molecule has 0 fully saturated rings. The second-order valence-electron chi connectivity index (χ2n) is 4.16. The third kappa shape index (κ3) is 2.16. The van der Waals surface area contributed by atoms with Gasteiger partial charge in [-0.15, -0.1) is 5.10 Å². The van der Waals surface area contributed by atoms with Crippen molar-refractivity contribution in [3.05, 3.63) is 28.0 Å². The fourth-order valence-corrected chi connectivity index (χ4v) is 3.02. The maximum atomic E-state index is 9.78. The van der Waals surface area contributed by atoms with Crippen LogP contribution in [0.4, 0.5) is 11.4 Å². The van der Waals surface area contributed by atoms with Crippen LogP contribution in [-0.2, 0) is 11.4 Å². The average Bonchev–Trinajstić information content (AvgIpc) is 3.07. The Bertz CT molecular complexity index is 754. The molecule has 0 saturated heterocycles. The van der Waals surface area contributed by atoms with Crippen molar-refractivity contribution >= 4 is 45.9 Å². The molecule has 1 unspecified atom stereocenters. The first kappa shape index (κ1) is 13.7. The Balaban J connectivity index is 2.14. The summed E-state index contributed by atoms with van der Waals surface area (Å²) in [4.78, 5) is 0. The lowest BCUT2D eigenvalue weighted by atomic mass is 10.2. The maximum Gasteiger partial charge on any atom is 0.133 e. The zero-order chi connectivity index (χ0) is 14.3. The second kappa shape index (κ2) is 5.25. The SMILES string of the molecule is CCC(O)c1cn(-c2c(Cl)cc(Cl)c3c2N=S=N3)nn1. The smallest absolute Gasteiger partial charge is 0.133 e. The van der Waals surface area contributed by atoms with Crippen molar-refractivity contribution < 1.29 is 5.11 Å². The number of aliphatic hydroxyl groups excluding tert-OH is 1. The summed E-state index contributed by atoms with van der Waals surface area (Å²) in [5, 5.41) is 18.6. The lowest BCUT2D eigenvalue weighted by Crippen LogP contribution is -1.97. The van der Waals surface area contributed by atoms with E-state index in [0.717, 1.165) is 11.4 Å². The van der Waals surface area contributed by atoms with Gasteiger partial charge >= 0.3 is 0 Å². The Labute approximate surface area is 128 Å². The van der Waals surface area contributed by atoms with Gasteiger partial charge in [0.05, 0.1) is 33.7 Å². The van der Waals surface area contributed by atoms with Crippen LogP contribution in [0.2, 0.25) is 10.0 Å². The summed E-state index contributed by atoms with van der Waals surface area (Å²) < 4.78 is 9.82. The molecular formula is C11H9Cl2N5OS. The van der Waals surface area contributed by atoms with Crippen molar-refractivity contribution in [3.8, 4) is 5.69 Å². The first-order valence-electron chi connectivity index (χ1n) is 5.82. The third-order valence-corrected chi connectivity index (χ3v) is 3.99. The van der Waals surface area contributed by atoms with Gasteiger partial charge in [0.15, 0.2) is 0 Å². The summed E-state index contributed by atoms with van der Waals surface area (Å²) in [6.07, 6.45) is 1.53. The molecule has 1 aromatic heterocycles. The van der Waals surface area contributed by atoms with Gasteiger partial charge in [0.2, 0.25) is 0 Å². The Hall–Kier alpha value is -1.28. The van der Waals surface area contributed by atoms with Gasteiger partial charge in [0.1, 0.15) is 22.8 Å². The Morgan fingerprint density at radius 3 is 2.80 bits per heavy atom. The number of fused-ring (bicyclic) bond motifs is 1. The molecule has 0 aliphatic carbocycles. The van der Waals surface area contributed by atoms with E-state index in [0.29, 0.717) is 39.2 Å². The molecule has 2 heterocycles. The summed E-state index contributed by atoms with van der Waals surface area (Å²) in [5.74, 6) is 0. The maximum absolute atomic E-state index is 9.78. The molecule has 0 bridgehead atoms. The standard InChI is InChI=1S/C11H9Cl2N5OS/c1-2-8(19)7-4-18(17-14-7)11-6(13)3-5(12)9-10(11)16-20-15-9/h3-4,8,19H,2H2,1H3.